The predicted octanol–water partition coefficient (Wildman–Crippen LogP) is 2.71. The van der Waals surface area contributed by atoms with Crippen LogP contribution in [0.5, 0.6) is 0 Å². The number of benzene rings is 1. The highest BCUT2D eigenvalue weighted by Gasteiger charge is 2.31. The lowest BCUT2D eigenvalue weighted by molar-refractivity contribution is -0.137. The van der Waals surface area contributed by atoms with Crippen molar-refractivity contribution in [1.29, 1.82) is 0 Å². The van der Waals surface area contributed by atoms with E-state index in [1.54, 1.807) is 6.92 Å². The van der Waals surface area contributed by atoms with Crippen LogP contribution in [-0.4, -0.2) is 16.1 Å². The quantitative estimate of drug-likeness (QED) is 0.746. The largest absolute Gasteiger partial charge is 0.416 e. The summed E-state index contributed by atoms with van der Waals surface area (Å²) in [5.41, 5.74) is 4.13. The number of nitrogens with two attached hydrogens (primary N) is 1. The summed E-state index contributed by atoms with van der Waals surface area (Å²) >= 11 is 0. The Hall–Kier alpha value is -2.58. The number of hydrogen-bond donors (Lipinski definition) is 3. The summed E-state index contributed by atoms with van der Waals surface area (Å²) < 4.78 is 51.2. The fourth-order valence-corrected chi connectivity index (χ4v) is 1.59. The number of nitrogen functional groups attached to an aromatic ring is 1. The summed E-state index contributed by atoms with van der Waals surface area (Å²) in [7, 11) is 0. The number of halogens is 4. The number of carbonyl (C=O) groups is 1. The molecular weight excluding hydrogens is 292 g/mol. The molecule has 0 fully saturated rings. The number of aromatic nitrogens is 2. The van der Waals surface area contributed by atoms with E-state index in [4.69, 9.17) is 5.73 Å². The first-order valence-corrected chi connectivity index (χ1v) is 5.68. The topological polar surface area (TPSA) is 83.8 Å². The molecule has 5 nitrogen and oxygen atoms in total. The average Bonchev–Trinajstić information content (AvgIpc) is 2.71. The molecule has 2 rings (SSSR count). The number of amides is 1. The number of hydrogen-bond acceptors (Lipinski definition) is 3. The molecule has 0 saturated heterocycles. The minimum Gasteiger partial charge on any atom is -0.395 e. The summed E-state index contributed by atoms with van der Waals surface area (Å²) in [5, 5.41) is 8.07. The molecule has 1 aromatic heterocycles. The van der Waals surface area contributed by atoms with Gasteiger partial charge in [0.2, 0.25) is 0 Å². The fraction of sp³-hybridized carbons (Fsp3) is 0.167. The highest BCUT2D eigenvalue weighted by Crippen LogP contribution is 2.32. The van der Waals surface area contributed by atoms with Crippen LogP contribution in [0.3, 0.4) is 0 Å². The van der Waals surface area contributed by atoms with Crippen LogP contribution in [0.1, 0.15) is 21.7 Å². The van der Waals surface area contributed by atoms with Gasteiger partial charge in [-0.15, -0.1) is 0 Å². The summed E-state index contributed by atoms with van der Waals surface area (Å²) in [6, 6.07) is 1.71. The number of H-pyrrole nitrogens is 1. The average molecular weight is 302 g/mol. The first-order valence-electron chi connectivity index (χ1n) is 5.68. The van der Waals surface area contributed by atoms with Crippen LogP contribution in [-0.2, 0) is 6.18 Å². The van der Waals surface area contributed by atoms with Crippen molar-refractivity contribution in [2.45, 2.75) is 13.1 Å². The van der Waals surface area contributed by atoms with E-state index < -0.39 is 29.2 Å². The second kappa shape index (κ2) is 5.08. The Morgan fingerprint density at radius 3 is 2.57 bits per heavy atom. The maximum Gasteiger partial charge on any atom is 0.416 e. The summed E-state index contributed by atoms with van der Waals surface area (Å²) in [5.74, 6) is -1.91. The molecule has 1 heterocycles. The van der Waals surface area contributed by atoms with Crippen molar-refractivity contribution < 1.29 is 22.4 Å². The smallest absolute Gasteiger partial charge is 0.395 e. The predicted molar refractivity (Wildman–Crippen MR) is 67.1 cm³/mol. The third kappa shape index (κ3) is 2.96. The van der Waals surface area contributed by atoms with Crippen LogP contribution < -0.4 is 11.1 Å². The number of nitrogens with zero attached hydrogens (tertiary/aromatic N) is 1. The fourth-order valence-electron chi connectivity index (χ4n) is 1.59. The third-order valence-corrected chi connectivity index (χ3v) is 2.75. The highest BCUT2D eigenvalue weighted by atomic mass is 19.4. The summed E-state index contributed by atoms with van der Waals surface area (Å²) in [4.78, 5) is 11.8. The van der Waals surface area contributed by atoms with Crippen molar-refractivity contribution in [3.05, 3.63) is 41.0 Å². The van der Waals surface area contributed by atoms with E-state index in [-0.39, 0.29) is 11.4 Å². The molecule has 1 aromatic carbocycles. The van der Waals surface area contributed by atoms with E-state index in [9.17, 15) is 22.4 Å². The van der Waals surface area contributed by atoms with Crippen LogP contribution in [0, 0.1) is 12.7 Å². The van der Waals surface area contributed by atoms with Crippen LogP contribution in [0.2, 0.25) is 0 Å². The van der Waals surface area contributed by atoms with Gasteiger partial charge in [0.1, 0.15) is 5.82 Å². The Morgan fingerprint density at radius 1 is 1.38 bits per heavy atom. The number of aryl methyl sites for hydroxylation is 1. The minimum absolute atomic E-state index is 0.0416. The lowest BCUT2D eigenvalue weighted by atomic mass is 10.2. The van der Waals surface area contributed by atoms with Gasteiger partial charge in [-0.2, -0.15) is 18.3 Å². The molecule has 0 aliphatic rings. The van der Waals surface area contributed by atoms with Gasteiger partial charge in [-0.25, -0.2) is 4.39 Å². The molecule has 0 saturated carbocycles. The summed E-state index contributed by atoms with van der Waals surface area (Å²) in [6.45, 7) is 1.56. The zero-order valence-corrected chi connectivity index (χ0v) is 10.7. The van der Waals surface area contributed by atoms with Crippen molar-refractivity contribution in [1.82, 2.24) is 10.2 Å². The Morgan fingerprint density at radius 2 is 2.05 bits per heavy atom. The van der Waals surface area contributed by atoms with Gasteiger partial charge in [0, 0.05) is 0 Å². The zero-order chi connectivity index (χ0) is 15.8. The number of nitrogens with one attached hydrogen (secondary N) is 2. The Balaban J connectivity index is 2.31. The van der Waals surface area contributed by atoms with Gasteiger partial charge in [0.25, 0.3) is 5.91 Å². The SMILES string of the molecule is Cc1[nH]nc(C(=O)Nc2cc(C(F)(F)F)ccc2F)c1N. The molecule has 0 aliphatic carbocycles. The van der Waals surface area contributed by atoms with Gasteiger partial charge in [-0.1, -0.05) is 0 Å². The van der Waals surface area contributed by atoms with Gasteiger partial charge >= 0.3 is 6.18 Å². The first kappa shape index (κ1) is 14.8. The van der Waals surface area contributed by atoms with Crippen molar-refractivity contribution >= 4 is 17.3 Å². The van der Waals surface area contributed by atoms with Gasteiger partial charge in [0.05, 0.1) is 22.6 Å². The van der Waals surface area contributed by atoms with Crippen molar-refractivity contribution in [3.8, 4) is 0 Å². The van der Waals surface area contributed by atoms with Crippen LogP contribution >= 0.6 is 0 Å². The molecule has 9 heteroatoms. The molecule has 0 radical (unpaired) electrons. The van der Waals surface area contributed by atoms with E-state index in [0.29, 0.717) is 23.9 Å². The van der Waals surface area contributed by atoms with Gasteiger partial charge in [-0.05, 0) is 25.1 Å². The van der Waals surface area contributed by atoms with E-state index in [2.05, 4.69) is 10.2 Å². The van der Waals surface area contributed by atoms with Crippen molar-refractivity contribution in [2.75, 3.05) is 11.1 Å². The van der Waals surface area contributed by atoms with Crippen LogP contribution in [0.4, 0.5) is 28.9 Å². The summed E-state index contributed by atoms with van der Waals surface area (Å²) in [6.07, 6.45) is -4.64. The molecule has 0 aliphatic heterocycles. The maximum atomic E-state index is 13.5. The zero-order valence-electron chi connectivity index (χ0n) is 10.7. The van der Waals surface area contributed by atoms with E-state index in [1.165, 1.54) is 0 Å². The Labute approximate surface area is 116 Å². The lowest BCUT2D eigenvalue weighted by Gasteiger charge is -2.10. The lowest BCUT2D eigenvalue weighted by Crippen LogP contribution is -2.16. The number of anilines is 2. The monoisotopic (exact) mass is 302 g/mol. The van der Waals surface area contributed by atoms with Crippen molar-refractivity contribution in [3.63, 3.8) is 0 Å². The molecule has 21 heavy (non-hydrogen) atoms. The van der Waals surface area contributed by atoms with E-state index >= 15 is 0 Å². The van der Waals surface area contributed by atoms with Gasteiger partial charge < -0.3 is 11.1 Å². The second-order valence-corrected chi connectivity index (χ2v) is 4.26. The number of alkyl halides is 3. The maximum absolute atomic E-state index is 13.5. The van der Waals surface area contributed by atoms with Crippen LogP contribution in [0.25, 0.3) is 0 Å². The molecule has 112 valence electrons. The number of rotatable bonds is 2. The molecule has 0 spiro atoms. The minimum atomic E-state index is -4.64. The van der Waals surface area contributed by atoms with E-state index in [0.717, 1.165) is 0 Å². The molecule has 0 unspecified atom stereocenters. The van der Waals surface area contributed by atoms with Crippen LogP contribution in [0.15, 0.2) is 18.2 Å². The molecule has 0 bridgehead atoms. The molecule has 1 amide bonds. The third-order valence-electron chi connectivity index (χ3n) is 2.75. The number of aromatic amines is 1. The standard InChI is InChI=1S/C12H10F4N4O/c1-5-9(17)10(20-19-5)11(21)18-8-4-6(12(14,15)16)2-3-7(8)13/h2-4H,17H2,1H3,(H,18,21)(H,19,20). The molecule has 2 aromatic rings. The Kier molecular flexibility index (Phi) is 3.58. The molecular formula is C12H10F4N4O. The second-order valence-electron chi connectivity index (χ2n) is 4.26. The van der Waals surface area contributed by atoms with E-state index in [1.807, 2.05) is 5.32 Å². The number of carbonyl (C=O) groups excluding carboxylic acids is 1. The highest BCUT2D eigenvalue weighted by molar-refractivity contribution is 6.06. The van der Waals surface area contributed by atoms with Crippen molar-refractivity contribution in [2.24, 2.45) is 0 Å². The van der Waals surface area contributed by atoms with Gasteiger partial charge in [-0.3, -0.25) is 9.89 Å². The molecule has 0 atom stereocenters. The normalized spacial score (nSPS) is 11.5. The molecule has 4 N–H and O–H groups in total. The van der Waals surface area contributed by atoms with Gasteiger partial charge in [0.15, 0.2) is 5.69 Å². The first-order chi connectivity index (χ1) is 9.70. The Bertz CT molecular complexity index is 693.